The van der Waals surface area contributed by atoms with E-state index in [1.54, 1.807) is 4.90 Å². The van der Waals surface area contributed by atoms with Crippen molar-refractivity contribution in [2.45, 2.75) is 38.6 Å². The number of amides is 2. The first-order valence-corrected chi connectivity index (χ1v) is 6.77. The van der Waals surface area contributed by atoms with E-state index in [4.69, 9.17) is 0 Å². The van der Waals surface area contributed by atoms with Crippen LogP contribution in [0, 0.1) is 0 Å². The van der Waals surface area contributed by atoms with Crippen LogP contribution in [-0.4, -0.2) is 61.4 Å². The van der Waals surface area contributed by atoms with Gasteiger partial charge in [0.1, 0.15) is 6.04 Å². The molecule has 1 aliphatic heterocycles. The maximum atomic E-state index is 12.1. The van der Waals surface area contributed by atoms with Crippen LogP contribution in [0.4, 0.5) is 0 Å². The van der Waals surface area contributed by atoms with Crippen LogP contribution in [0.2, 0.25) is 0 Å². The molecule has 1 unspecified atom stereocenters. The van der Waals surface area contributed by atoms with Crippen LogP contribution >= 0.6 is 0 Å². The summed E-state index contributed by atoms with van der Waals surface area (Å²) in [7, 11) is 4.08. The lowest BCUT2D eigenvalue weighted by Crippen LogP contribution is -2.58. The minimum atomic E-state index is -0.301. The Bertz CT molecular complexity index is 292. The third-order valence-electron chi connectivity index (χ3n) is 3.14. The number of hydrogen-bond donors (Lipinski definition) is 1. The highest BCUT2D eigenvalue weighted by molar-refractivity contribution is 5.94. The molecular weight excluding hydrogens is 230 g/mol. The zero-order valence-electron chi connectivity index (χ0n) is 11.7. The molecule has 104 valence electrons. The highest BCUT2D eigenvalue weighted by Gasteiger charge is 2.31. The van der Waals surface area contributed by atoms with Crippen molar-refractivity contribution in [1.82, 2.24) is 15.1 Å². The Hall–Kier alpha value is -1.10. The first kappa shape index (κ1) is 15.0. The lowest BCUT2D eigenvalue weighted by Gasteiger charge is -2.32. The molecule has 0 aromatic carbocycles. The largest absolute Gasteiger partial charge is 0.343 e. The SMILES string of the molecule is CCCC1NC(=O)CN(CCCCN(C)C)C1=O. The van der Waals surface area contributed by atoms with Gasteiger partial charge in [-0.1, -0.05) is 13.3 Å². The summed E-state index contributed by atoms with van der Waals surface area (Å²) in [6.07, 6.45) is 3.65. The van der Waals surface area contributed by atoms with E-state index in [-0.39, 0.29) is 24.4 Å². The summed E-state index contributed by atoms with van der Waals surface area (Å²) >= 11 is 0. The van der Waals surface area contributed by atoms with Crippen LogP contribution < -0.4 is 5.32 Å². The Morgan fingerprint density at radius 3 is 2.67 bits per heavy atom. The monoisotopic (exact) mass is 255 g/mol. The van der Waals surface area contributed by atoms with Crippen molar-refractivity contribution in [2.24, 2.45) is 0 Å². The van der Waals surface area contributed by atoms with Gasteiger partial charge >= 0.3 is 0 Å². The van der Waals surface area contributed by atoms with Gasteiger partial charge in [-0.25, -0.2) is 0 Å². The van der Waals surface area contributed by atoms with E-state index in [0.717, 1.165) is 32.2 Å². The molecule has 1 saturated heterocycles. The number of unbranched alkanes of at least 4 members (excludes halogenated alkanes) is 1. The molecule has 1 aliphatic rings. The van der Waals surface area contributed by atoms with Crippen molar-refractivity contribution in [3.05, 3.63) is 0 Å². The Morgan fingerprint density at radius 1 is 1.33 bits per heavy atom. The summed E-state index contributed by atoms with van der Waals surface area (Å²) in [5.74, 6) is 0.0574. The van der Waals surface area contributed by atoms with Crippen molar-refractivity contribution in [2.75, 3.05) is 33.7 Å². The number of piperazine rings is 1. The molecule has 0 aromatic heterocycles. The van der Waals surface area contributed by atoms with Gasteiger partial charge < -0.3 is 15.1 Å². The van der Waals surface area contributed by atoms with E-state index in [1.165, 1.54) is 0 Å². The molecule has 2 amide bonds. The van der Waals surface area contributed by atoms with Gasteiger partial charge in [-0.3, -0.25) is 9.59 Å². The molecule has 5 heteroatoms. The van der Waals surface area contributed by atoms with Crippen LogP contribution in [0.1, 0.15) is 32.6 Å². The van der Waals surface area contributed by atoms with Crippen molar-refractivity contribution >= 4 is 11.8 Å². The quantitative estimate of drug-likeness (QED) is 0.672. The van der Waals surface area contributed by atoms with Crippen LogP contribution in [0.3, 0.4) is 0 Å². The number of nitrogens with zero attached hydrogens (tertiary/aromatic N) is 2. The zero-order chi connectivity index (χ0) is 13.5. The van der Waals surface area contributed by atoms with Gasteiger partial charge in [0.15, 0.2) is 0 Å². The third kappa shape index (κ3) is 4.64. The maximum Gasteiger partial charge on any atom is 0.245 e. The first-order valence-electron chi connectivity index (χ1n) is 6.77. The van der Waals surface area contributed by atoms with Crippen molar-refractivity contribution in [1.29, 1.82) is 0 Å². The molecule has 18 heavy (non-hydrogen) atoms. The molecule has 1 N–H and O–H groups in total. The fourth-order valence-electron chi connectivity index (χ4n) is 2.18. The molecule has 0 bridgehead atoms. The highest BCUT2D eigenvalue weighted by atomic mass is 16.2. The second-order valence-corrected chi connectivity index (χ2v) is 5.18. The van der Waals surface area contributed by atoms with Crippen LogP contribution in [0.5, 0.6) is 0 Å². The number of carbonyl (C=O) groups excluding carboxylic acids is 2. The third-order valence-corrected chi connectivity index (χ3v) is 3.14. The zero-order valence-corrected chi connectivity index (χ0v) is 11.7. The molecule has 5 nitrogen and oxygen atoms in total. The molecule has 0 aliphatic carbocycles. The predicted octanol–water partition coefficient (Wildman–Crippen LogP) is 0.455. The maximum absolute atomic E-state index is 12.1. The summed E-state index contributed by atoms with van der Waals surface area (Å²) in [6.45, 7) is 3.96. The van der Waals surface area contributed by atoms with E-state index in [2.05, 4.69) is 10.2 Å². The summed E-state index contributed by atoms with van der Waals surface area (Å²) < 4.78 is 0. The second kappa shape index (κ2) is 7.36. The van der Waals surface area contributed by atoms with E-state index in [0.29, 0.717) is 6.54 Å². The number of hydrogen-bond acceptors (Lipinski definition) is 3. The molecule has 1 heterocycles. The predicted molar refractivity (Wildman–Crippen MR) is 71.2 cm³/mol. The van der Waals surface area contributed by atoms with E-state index in [9.17, 15) is 9.59 Å². The second-order valence-electron chi connectivity index (χ2n) is 5.18. The first-order chi connectivity index (χ1) is 8.54. The van der Waals surface area contributed by atoms with Crippen molar-refractivity contribution < 1.29 is 9.59 Å². The lowest BCUT2D eigenvalue weighted by molar-refractivity contribution is -0.144. The topological polar surface area (TPSA) is 52.7 Å². The van der Waals surface area contributed by atoms with Crippen molar-refractivity contribution in [3.63, 3.8) is 0 Å². The molecule has 0 spiro atoms. The molecule has 1 fully saturated rings. The Kier molecular flexibility index (Phi) is 6.12. The van der Waals surface area contributed by atoms with E-state index < -0.39 is 0 Å². The Labute approximate surface area is 110 Å². The van der Waals surface area contributed by atoms with Crippen LogP contribution in [-0.2, 0) is 9.59 Å². The Morgan fingerprint density at radius 2 is 2.06 bits per heavy atom. The summed E-state index contributed by atoms with van der Waals surface area (Å²) in [5, 5.41) is 2.77. The van der Waals surface area contributed by atoms with Gasteiger partial charge in [0.05, 0.1) is 6.54 Å². The minimum Gasteiger partial charge on any atom is -0.343 e. The standard InChI is InChI=1S/C13H25N3O2/c1-4-7-11-13(18)16(10-12(17)14-11)9-6-5-8-15(2)3/h11H,4-10H2,1-3H3,(H,14,17). The number of nitrogens with one attached hydrogen (secondary N) is 1. The number of rotatable bonds is 7. The van der Waals surface area contributed by atoms with Gasteiger partial charge in [0, 0.05) is 6.54 Å². The lowest BCUT2D eigenvalue weighted by atomic mass is 10.1. The van der Waals surface area contributed by atoms with Gasteiger partial charge in [-0.05, 0) is 39.9 Å². The van der Waals surface area contributed by atoms with E-state index >= 15 is 0 Å². The molecular formula is C13H25N3O2. The molecule has 1 rings (SSSR count). The van der Waals surface area contributed by atoms with Crippen LogP contribution in [0.15, 0.2) is 0 Å². The molecule has 1 atom stereocenters. The highest BCUT2D eigenvalue weighted by Crippen LogP contribution is 2.09. The minimum absolute atomic E-state index is 0.0272. The van der Waals surface area contributed by atoms with Crippen LogP contribution in [0.25, 0.3) is 0 Å². The van der Waals surface area contributed by atoms with Gasteiger partial charge in [0.25, 0.3) is 0 Å². The summed E-state index contributed by atoms with van der Waals surface area (Å²) in [6, 6.07) is -0.301. The van der Waals surface area contributed by atoms with Crippen molar-refractivity contribution in [3.8, 4) is 0 Å². The molecule has 0 radical (unpaired) electrons. The fraction of sp³-hybridized carbons (Fsp3) is 0.846. The van der Waals surface area contributed by atoms with E-state index in [1.807, 2.05) is 21.0 Å². The average Bonchev–Trinajstić information content (AvgIpc) is 2.30. The normalized spacial score (nSPS) is 20.4. The summed E-state index contributed by atoms with van der Waals surface area (Å²) in [4.78, 5) is 27.5. The number of carbonyl (C=O) groups is 2. The molecule has 0 saturated carbocycles. The van der Waals surface area contributed by atoms with Gasteiger partial charge in [0.2, 0.25) is 11.8 Å². The fourth-order valence-corrected chi connectivity index (χ4v) is 2.18. The van der Waals surface area contributed by atoms with Gasteiger partial charge in [-0.2, -0.15) is 0 Å². The average molecular weight is 255 g/mol. The summed E-state index contributed by atoms with van der Waals surface area (Å²) in [5.41, 5.74) is 0. The Balaban J connectivity index is 2.38. The van der Waals surface area contributed by atoms with Gasteiger partial charge in [-0.15, -0.1) is 0 Å². The smallest absolute Gasteiger partial charge is 0.245 e. The molecule has 0 aromatic rings.